The highest BCUT2D eigenvalue weighted by molar-refractivity contribution is 5.94. The van der Waals surface area contributed by atoms with Crippen molar-refractivity contribution < 1.29 is 19.2 Å². The normalized spacial score (nSPS) is 25.3. The molecular weight excluding hydrogens is 248 g/mol. The van der Waals surface area contributed by atoms with E-state index in [-0.39, 0.29) is 17.9 Å². The zero-order valence-corrected chi connectivity index (χ0v) is 10.5. The first kappa shape index (κ1) is 12.2. The molecule has 102 valence electrons. The van der Waals surface area contributed by atoms with Crippen LogP contribution < -0.4 is 5.32 Å². The molecule has 0 saturated heterocycles. The van der Waals surface area contributed by atoms with Crippen molar-refractivity contribution in [3.63, 3.8) is 0 Å². The van der Waals surface area contributed by atoms with Gasteiger partial charge >= 0.3 is 5.97 Å². The molecule has 1 aromatic heterocycles. The van der Waals surface area contributed by atoms with E-state index in [0.717, 1.165) is 37.0 Å². The Balaban J connectivity index is 1.62. The van der Waals surface area contributed by atoms with E-state index in [4.69, 9.17) is 9.63 Å². The number of carbonyl (C=O) groups is 2. The van der Waals surface area contributed by atoms with Crippen LogP contribution in [0.5, 0.6) is 0 Å². The van der Waals surface area contributed by atoms with Crippen LogP contribution in [0.3, 0.4) is 0 Å². The summed E-state index contributed by atoms with van der Waals surface area (Å²) in [4.78, 5) is 22.8. The number of rotatable bonds is 3. The van der Waals surface area contributed by atoms with Crippen LogP contribution in [0.15, 0.2) is 4.52 Å². The molecule has 2 aliphatic carbocycles. The van der Waals surface area contributed by atoms with Crippen molar-refractivity contribution >= 4 is 11.9 Å². The number of hydrogen-bond acceptors (Lipinski definition) is 4. The van der Waals surface area contributed by atoms with Crippen molar-refractivity contribution in [3.8, 4) is 0 Å². The fourth-order valence-electron chi connectivity index (χ4n) is 2.75. The molecule has 6 nitrogen and oxygen atoms in total. The van der Waals surface area contributed by atoms with Gasteiger partial charge in [-0.05, 0) is 32.1 Å². The molecule has 0 bridgehead atoms. The van der Waals surface area contributed by atoms with E-state index >= 15 is 0 Å². The van der Waals surface area contributed by atoms with Crippen molar-refractivity contribution in [1.82, 2.24) is 10.5 Å². The van der Waals surface area contributed by atoms with E-state index in [0.29, 0.717) is 18.5 Å². The van der Waals surface area contributed by atoms with Gasteiger partial charge in [0.15, 0.2) is 5.69 Å². The van der Waals surface area contributed by atoms with Gasteiger partial charge in [-0.25, -0.2) is 0 Å². The molecule has 1 heterocycles. The lowest BCUT2D eigenvalue weighted by Crippen LogP contribution is -2.47. The second-order valence-electron chi connectivity index (χ2n) is 5.32. The van der Waals surface area contributed by atoms with Crippen molar-refractivity contribution in [2.24, 2.45) is 5.92 Å². The molecule has 2 N–H and O–H groups in total. The number of aromatic nitrogens is 1. The number of carbonyl (C=O) groups excluding carboxylic acids is 1. The molecule has 3 rings (SSSR count). The third-order valence-electron chi connectivity index (χ3n) is 3.99. The number of aryl methyl sites for hydroxylation is 1. The van der Waals surface area contributed by atoms with E-state index in [1.54, 1.807) is 0 Å². The summed E-state index contributed by atoms with van der Waals surface area (Å²) < 4.78 is 5.20. The number of nitrogens with one attached hydrogen (secondary N) is 1. The summed E-state index contributed by atoms with van der Waals surface area (Å²) >= 11 is 0. The minimum atomic E-state index is -0.788. The van der Waals surface area contributed by atoms with Gasteiger partial charge in [-0.15, -0.1) is 0 Å². The summed E-state index contributed by atoms with van der Waals surface area (Å²) in [5.41, 5.74) is 1.31. The van der Waals surface area contributed by atoms with Gasteiger partial charge in [0.2, 0.25) is 0 Å². The fraction of sp³-hybridized carbons (Fsp3) is 0.615. The lowest BCUT2D eigenvalue weighted by Gasteiger charge is -2.32. The molecule has 0 radical (unpaired) electrons. The Labute approximate surface area is 110 Å². The van der Waals surface area contributed by atoms with E-state index in [2.05, 4.69) is 10.5 Å². The summed E-state index contributed by atoms with van der Waals surface area (Å²) in [7, 11) is 0. The van der Waals surface area contributed by atoms with Crippen molar-refractivity contribution in [3.05, 3.63) is 17.0 Å². The maximum Gasteiger partial charge on any atom is 0.306 e. The summed E-state index contributed by atoms with van der Waals surface area (Å²) in [5, 5.41) is 15.5. The summed E-state index contributed by atoms with van der Waals surface area (Å²) in [6.07, 6.45) is 4.82. The highest BCUT2D eigenvalue weighted by atomic mass is 16.5. The Morgan fingerprint density at radius 2 is 2.00 bits per heavy atom. The third kappa shape index (κ3) is 2.22. The Hall–Kier alpha value is -1.85. The maximum absolute atomic E-state index is 12.1. The highest BCUT2D eigenvalue weighted by Gasteiger charge is 2.36. The standard InChI is InChI=1S/C13H16N2O4/c16-12(14-8-5-7(6-8)13(17)18)11-9-3-1-2-4-10(9)19-15-11/h7-8H,1-6H2,(H,14,16)(H,17,18). The SMILES string of the molecule is O=C(NC1CC(C(=O)O)C1)c1noc2c1CCCC2. The van der Waals surface area contributed by atoms with Crippen molar-refractivity contribution in [2.75, 3.05) is 0 Å². The van der Waals surface area contributed by atoms with Gasteiger partial charge in [0.25, 0.3) is 5.91 Å². The van der Waals surface area contributed by atoms with Crippen LogP contribution in [0, 0.1) is 5.92 Å². The van der Waals surface area contributed by atoms with Gasteiger partial charge in [-0.1, -0.05) is 5.16 Å². The zero-order valence-electron chi connectivity index (χ0n) is 10.5. The number of aliphatic carboxylic acids is 1. The fourth-order valence-corrected chi connectivity index (χ4v) is 2.75. The first-order chi connectivity index (χ1) is 9.15. The Bertz CT molecular complexity index is 517. The van der Waals surface area contributed by atoms with Gasteiger partial charge in [0.1, 0.15) is 5.76 Å². The van der Waals surface area contributed by atoms with Crippen molar-refractivity contribution in [2.45, 2.75) is 44.6 Å². The molecule has 2 aliphatic rings. The highest BCUT2D eigenvalue weighted by Crippen LogP contribution is 2.29. The maximum atomic E-state index is 12.1. The van der Waals surface area contributed by atoms with Crippen LogP contribution >= 0.6 is 0 Å². The predicted molar refractivity (Wildman–Crippen MR) is 64.8 cm³/mol. The molecule has 1 saturated carbocycles. The molecule has 0 aliphatic heterocycles. The quantitative estimate of drug-likeness (QED) is 0.854. The average Bonchev–Trinajstić information content (AvgIpc) is 2.76. The number of carboxylic acid groups (broad SMARTS) is 1. The van der Waals surface area contributed by atoms with Gasteiger partial charge in [-0.2, -0.15) is 0 Å². The Kier molecular flexibility index (Phi) is 3.00. The summed E-state index contributed by atoms with van der Waals surface area (Å²) in [5.74, 6) is -0.519. The largest absolute Gasteiger partial charge is 0.481 e. The summed E-state index contributed by atoms with van der Waals surface area (Å²) in [6, 6.07) is -0.0514. The Morgan fingerprint density at radius 1 is 1.26 bits per heavy atom. The smallest absolute Gasteiger partial charge is 0.306 e. The van der Waals surface area contributed by atoms with Crippen LogP contribution in [0.25, 0.3) is 0 Å². The van der Waals surface area contributed by atoms with E-state index in [9.17, 15) is 9.59 Å². The van der Waals surface area contributed by atoms with Crippen LogP contribution in [0.2, 0.25) is 0 Å². The molecule has 19 heavy (non-hydrogen) atoms. The first-order valence-corrected chi connectivity index (χ1v) is 6.66. The number of carboxylic acids is 1. The molecule has 0 aromatic carbocycles. The molecular formula is C13H16N2O4. The second-order valence-corrected chi connectivity index (χ2v) is 5.32. The topological polar surface area (TPSA) is 92.4 Å². The van der Waals surface area contributed by atoms with Crippen molar-refractivity contribution in [1.29, 1.82) is 0 Å². The number of hydrogen-bond donors (Lipinski definition) is 2. The number of nitrogens with zero attached hydrogens (tertiary/aromatic N) is 1. The van der Waals surface area contributed by atoms with Crippen LogP contribution in [-0.4, -0.2) is 28.2 Å². The van der Waals surface area contributed by atoms with Crippen LogP contribution in [0.4, 0.5) is 0 Å². The lowest BCUT2D eigenvalue weighted by atomic mass is 9.80. The molecule has 0 spiro atoms. The minimum Gasteiger partial charge on any atom is -0.481 e. The first-order valence-electron chi connectivity index (χ1n) is 6.66. The monoisotopic (exact) mass is 264 g/mol. The summed E-state index contributed by atoms with van der Waals surface area (Å²) in [6.45, 7) is 0. The van der Waals surface area contributed by atoms with E-state index in [1.165, 1.54) is 0 Å². The van der Waals surface area contributed by atoms with Gasteiger partial charge in [0, 0.05) is 18.0 Å². The zero-order chi connectivity index (χ0) is 13.4. The minimum absolute atomic E-state index is 0.0514. The molecule has 0 unspecified atom stereocenters. The van der Waals surface area contributed by atoms with E-state index in [1.807, 2.05) is 0 Å². The number of amides is 1. The molecule has 0 atom stereocenters. The second kappa shape index (κ2) is 4.68. The molecule has 1 amide bonds. The number of fused-ring (bicyclic) bond motifs is 1. The molecule has 1 fully saturated rings. The van der Waals surface area contributed by atoms with Crippen LogP contribution in [0.1, 0.15) is 47.5 Å². The van der Waals surface area contributed by atoms with Gasteiger partial charge in [0.05, 0.1) is 5.92 Å². The van der Waals surface area contributed by atoms with Gasteiger partial charge in [-0.3, -0.25) is 9.59 Å². The van der Waals surface area contributed by atoms with Gasteiger partial charge < -0.3 is 14.9 Å². The lowest BCUT2D eigenvalue weighted by molar-refractivity contribution is -0.145. The third-order valence-corrected chi connectivity index (χ3v) is 3.99. The molecule has 6 heteroatoms. The predicted octanol–water partition coefficient (Wildman–Crippen LogP) is 1.15. The molecule has 1 aromatic rings. The Morgan fingerprint density at radius 3 is 2.74 bits per heavy atom. The van der Waals surface area contributed by atoms with Crippen LogP contribution in [-0.2, 0) is 17.6 Å². The van der Waals surface area contributed by atoms with E-state index < -0.39 is 5.97 Å². The average molecular weight is 264 g/mol.